The fourth-order valence-corrected chi connectivity index (χ4v) is 9.72. The molecule has 6 rings (SSSR count). The van der Waals surface area contributed by atoms with Gasteiger partial charge in [0.05, 0.1) is 17.7 Å². The van der Waals surface area contributed by atoms with Crippen LogP contribution < -0.4 is 19.7 Å². The number of esters is 1. The van der Waals surface area contributed by atoms with Gasteiger partial charge in [-0.1, -0.05) is 87.6 Å². The van der Waals surface area contributed by atoms with Crippen LogP contribution in [0.4, 0.5) is 11.4 Å². The zero-order chi connectivity index (χ0) is 33.8. The molecule has 1 aromatic heterocycles. The molecular formula is C37H43N3O5S3. The van der Waals surface area contributed by atoms with E-state index in [0.717, 1.165) is 55.3 Å². The van der Waals surface area contributed by atoms with Crippen LogP contribution in [-0.4, -0.2) is 50.0 Å². The molecule has 0 radical (unpaired) electrons. The van der Waals surface area contributed by atoms with E-state index in [1.54, 1.807) is 11.8 Å². The number of amides is 1. The van der Waals surface area contributed by atoms with Crippen LogP contribution in [0.2, 0.25) is 0 Å². The van der Waals surface area contributed by atoms with Crippen molar-refractivity contribution < 1.29 is 19.4 Å². The van der Waals surface area contributed by atoms with Crippen LogP contribution in [0, 0.1) is 0 Å². The van der Waals surface area contributed by atoms with Crippen LogP contribution in [0.5, 0.6) is 0 Å². The number of anilines is 2. The standard InChI is InChI=1S/C37H43N3O5S3/c1-3-5-6-7-8-9-19-38-35(44)33(48-37(38)46)36-39(22-32(42)45-4-2)34(43)31(47-36)21-25-15-18-30-28(20-25)27-11-10-12-29(27)40(30)26-16-13-24(23-41)14-17-26/h13-18,20-21,27,29,41H,3-12,19,22-23H2,1-2H3/b31-21+,36-33+. The normalized spacial score (nSPS) is 20.2. The van der Waals surface area contributed by atoms with Crippen LogP contribution in [0.25, 0.3) is 11.0 Å². The van der Waals surface area contributed by atoms with Crippen LogP contribution in [0.1, 0.15) is 94.2 Å². The van der Waals surface area contributed by atoms with Crippen LogP contribution in [-0.2, 0) is 27.5 Å². The molecule has 1 amide bonds. The Balaban J connectivity index is 1.35. The second-order valence-electron chi connectivity index (χ2n) is 12.7. The first-order valence-corrected chi connectivity index (χ1v) is 19.2. The first-order valence-electron chi connectivity index (χ1n) is 17.1. The topological polar surface area (TPSA) is 92.1 Å². The van der Waals surface area contributed by atoms with Crippen molar-refractivity contribution in [1.29, 1.82) is 0 Å². The van der Waals surface area contributed by atoms with Crippen molar-refractivity contribution in [1.82, 2.24) is 9.47 Å². The van der Waals surface area contributed by atoms with Gasteiger partial charge in [-0.25, -0.2) is 0 Å². The first-order chi connectivity index (χ1) is 23.3. The van der Waals surface area contributed by atoms with Crippen LogP contribution in [0.3, 0.4) is 0 Å². The van der Waals surface area contributed by atoms with E-state index in [0.29, 0.717) is 36.9 Å². The molecule has 8 nitrogen and oxygen atoms in total. The average Bonchev–Trinajstić information content (AvgIpc) is 3.82. The van der Waals surface area contributed by atoms with Crippen LogP contribution >= 0.6 is 35.3 Å². The number of thioether (sulfide) groups is 1. The van der Waals surface area contributed by atoms with Gasteiger partial charge in [0, 0.05) is 29.9 Å². The number of hydrogen-bond acceptors (Lipinski definition) is 9. The van der Waals surface area contributed by atoms with Crippen molar-refractivity contribution in [2.75, 3.05) is 18.1 Å². The number of thiocarbonyl (C=S) groups is 1. The number of nitrogens with zero attached hydrogens (tertiary/aromatic N) is 3. The Hall–Kier alpha value is -3.25. The molecule has 1 saturated heterocycles. The van der Waals surface area contributed by atoms with Gasteiger partial charge in [0.25, 0.3) is 11.5 Å². The molecule has 2 fully saturated rings. The zero-order valence-corrected chi connectivity index (χ0v) is 30.1. The van der Waals surface area contributed by atoms with Gasteiger partial charge in [0.1, 0.15) is 20.4 Å². The molecule has 1 N–H and O–H groups in total. The Bertz CT molecular complexity index is 1870. The fraction of sp³-hybridized carbons (Fsp3) is 0.459. The minimum absolute atomic E-state index is 0.0181. The van der Waals surface area contributed by atoms with Crippen molar-refractivity contribution in [3.8, 4) is 0 Å². The molecule has 1 aliphatic carbocycles. The van der Waals surface area contributed by atoms with Crippen molar-refractivity contribution >= 4 is 73.9 Å². The summed E-state index contributed by atoms with van der Waals surface area (Å²) in [6.07, 6.45) is 11.9. The summed E-state index contributed by atoms with van der Waals surface area (Å²) in [5.74, 6) is -0.336. The summed E-state index contributed by atoms with van der Waals surface area (Å²) in [4.78, 5) is 44.6. The molecule has 0 spiro atoms. The van der Waals surface area contributed by atoms with Gasteiger partial charge in [-0.3, -0.25) is 23.9 Å². The third-order valence-corrected chi connectivity index (χ3v) is 12.2. The molecule has 1 saturated carbocycles. The number of aromatic nitrogens is 1. The van der Waals surface area contributed by atoms with Crippen molar-refractivity contribution in [3.63, 3.8) is 0 Å². The monoisotopic (exact) mass is 705 g/mol. The summed E-state index contributed by atoms with van der Waals surface area (Å²) in [5, 5.41) is 9.53. The maximum Gasteiger partial charge on any atom is 0.326 e. The van der Waals surface area contributed by atoms with E-state index < -0.39 is 5.97 Å². The van der Waals surface area contributed by atoms with E-state index in [2.05, 4.69) is 36.1 Å². The van der Waals surface area contributed by atoms with E-state index in [-0.39, 0.29) is 31.2 Å². The average molecular weight is 706 g/mol. The Kier molecular flexibility index (Phi) is 11.2. The van der Waals surface area contributed by atoms with Gasteiger partial charge >= 0.3 is 5.97 Å². The quantitative estimate of drug-likeness (QED) is 0.133. The lowest BCUT2D eigenvalue weighted by Crippen LogP contribution is -2.36. The molecule has 11 heteroatoms. The second-order valence-corrected chi connectivity index (χ2v) is 15.3. The smallest absolute Gasteiger partial charge is 0.326 e. The number of thiazole rings is 1. The largest absolute Gasteiger partial charge is 0.465 e. The lowest BCUT2D eigenvalue weighted by molar-refractivity contribution is -0.143. The lowest BCUT2D eigenvalue weighted by Gasteiger charge is -2.27. The highest BCUT2D eigenvalue weighted by Crippen LogP contribution is 2.52. The number of fused-ring (bicyclic) bond motifs is 3. The molecular weight excluding hydrogens is 663 g/mol. The van der Waals surface area contributed by atoms with Crippen molar-refractivity contribution in [2.45, 2.75) is 96.7 Å². The number of unbranched alkanes of at least 4 members (excludes halogenated alkanes) is 5. The van der Waals surface area contributed by atoms with E-state index in [1.807, 2.05) is 24.3 Å². The number of carbonyl (C=O) groups is 2. The first kappa shape index (κ1) is 34.6. The number of rotatable bonds is 13. The Morgan fingerprint density at radius 2 is 1.81 bits per heavy atom. The predicted octanol–water partition coefficient (Wildman–Crippen LogP) is 5.91. The Morgan fingerprint density at radius 3 is 2.56 bits per heavy atom. The molecule has 3 aliphatic rings. The molecule has 254 valence electrons. The third-order valence-electron chi connectivity index (χ3n) is 9.50. The number of carbonyl (C=O) groups excluding carboxylic acids is 2. The highest BCUT2D eigenvalue weighted by atomic mass is 32.2. The molecule has 2 aromatic carbocycles. The van der Waals surface area contributed by atoms with Gasteiger partial charge in [-0.15, -0.1) is 11.3 Å². The van der Waals surface area contributed by atoms with E-state index in [9.17, 15) is 19.5 Å². The lowest BCUT2D eigenvalue weighted by atomic mass is 9.96. The molecule has 2 aliphatic heterocycles. The Morgan fingerprint density at radius 1 is 1.04 bits per heavy atom. The Labute approximate surface area is 295 Å². The summed E-state index contributed by atoms with van der Waals surface area (Å²) in [6, 6.07) is 14.8. The number of hydrogen-bond donors (Lipinski definition) is 1. The van der Waals surface area contributed by atoms with E-state index in [4.69, 9.17) is 17.0 Å². The maximum atomic E-state index is 13.9. The molecule has 3 aromatic rings. The SMILES string of the molecule is CCCCCCCCN1C(=O)/C(=c2\s/c(=C/c3ccc4c(c3)C3CCCC3N4c3ccc(CO)cc3)c(=O)n2CC(=O)OCC)SC1=S. The number of benzene rings is 2. The number of ether oxygens (including phenoxy) is 1. The van der Waals surface area contributed by atoms with Gasteiger partial charge in [-0.05, 0) is 73.2 Å². The number of aliphatic hydroxyl groups excluding tert-OH is 1. The number of aliphatic hydroxyl groups is 1. The van der Waals surface area contributed by atoms with Crippen molar-refractivity contribution in [2.24, 2.45) is 0 Å². The van der Waals surface area contributed by atoms with Crippen LogP contribution in [0.15, 0.2) is 47.3 Å². The minimum Gasteiger partial charge on any atom is -0.465 e. The molecule has 48 heavy (non-hydrogen) atoms. The summed E-state index contributed by atoms with van der Waals surface area (Å²) in [5.41, 5.74) is 5.02. The summed E-state index contributed by atoms with van der Waals surface area (Å²) in [7, 11) is 0. The van der Waals surface area contributed by atoms with E-state index >= 15 is 0 Å². The van der Waals surface area contributed by atoms with Gasteiger partial charge < -0.3 is 14.7 Å². The molecule has 2 atom stereocenters. The van der Waals surface area contributed by atoms with Gasteiger partial charge in [-0.2, -0.15) is 0 Å². The maximum absolute atomic E-state index is 13.9. The van der Waals surface area contributed by atoms with Gasteiger partial charge in [0.2, 0.25) is 0 Å². The van der Waals surface area contributed by atoms with Gasteiger partial charge in [0.15, 0.2) is 0 Å². The summed E-state index contributed by atoms with van der Waals surface area (Å²) < 4.78 is 7.96. The third kappa shape index (κ3) is 7.06. The van der Waals surface area contributed by atoms with Crippen molar-refractivity contribution in [3.05, 3.63) is 78.7 Å². The minimum atomic E-state index is -0.523. The van der Waals surface area contributed by atoms with E-state index in [1.165, 1.54) is 58.2 Å². The highest BCUT2D eigenvalue weighted by molar-refractivity contribution is 8.30. The fourth-order valence-electron chi connectivity index (χ4n) is 7.15. The molecule has 3 heterocycles. The predicted molar refractivity (Wildman–Crippen MR) is 198 cm³/mol. The highest BCUT2D eigenvalue weighted by Gasteiger charge is 2.42. The summed E-state index contributed by atoms with van der Waals surface area (Å²) in [6.45, 7) is 4.41. The zero-order valence-electron chi connectivity index (χ0n) is 27.6. The molecule has 0 bridgehead atoms. The molecule has 2 unspecified atom stereocenters. The summed E-state index contributed by atoms with van der Waals surface area (Å²) >= 11 is 8.06. The second kappa shape index (κ2) is 15.5.